The van der Waals surface area contributed by atoms with Crippen LogP contribution in [0, 0.1) is 11.6 Å². The van der Waals surface area contributed by atoms with Gasteiger partial charge in [0.15, 0.2) is 17.5 Å². The number of fused-ring (bicyclic) bond motifs is 2. The van der Waals surface area contributed by atoms with Crippen LogP contribution in [-0.2, 0) is 0 Å². The molecule has 1 aromatic heterocycles. The average molecular weight is 700 g/mol. The fraction of sp³-hybridized carbons (Fsp3) is 0. The maximum atomic E-state index is 14.1. The first-order valence-corrected chi connectivity index (χ1v) is 17.7. The van der Waals surface area contributed by atoms with Crippen LogP contribution in [0.25, 0.3) is 78.5 Å². The van der Waals surface area contributed by atoms with Crippen molar-refractivity contribution in [3.8, 4) is 45.3 Å². The Labute approximate surface area is 311 Å². The number of halogens is 2. The highest BCUT2D eigenvalue weighted by atomic mass is 19.1. The van der Waals surface area contributed by atoms with E-state index in [1.54, 1.807) is 24.3 Å². The molecule has 0 amide bonds. The third-order valence-corrected chi connectivity index (χ3v) is 9.68. The fourth-order valence-electron chi connectivity index (χ4n) is 6.85. The van der Waals surface area contributed by atoms with Crippen LogP contribution in [0.15, 0.2) is 182 Å². The van der Waals surface area contributed by atoms with Crippen molar-refractivity contribution in [3.05, 3.63) is 210 Å². The number of nitrogens with zero attached hydrogens (tertiary/aromatic N) is 3. The van der Waals surface area contributed by atoms with E-state index in [1.165, 1.54) is 24.3 Å². The summed E-state index contributed by atoms with van der Waals surface area (Å²) >= 11 is 0. The van der Waals surface area contributed by atoms with Gasteiger partial charge in [-0.1, -0.05) is 146 Å². The Balaban J connectivity index is 1.16. The molecule has 0 aliphatic heterocycles. The molecule has 9 rings (SSSR count). The number of hydrogen-bond donors (Lipinski definition) is 0. The maximum absolute atomic E-state index is 14.1. The molecule has 8 aromatic carbocycles. The van der Waals surface area contributed by atoms with Crippen molar-refractivity contribution in [2.24, 2.45) is 0 Å². The lowest BCUT2D eigenvalue weighted by Gasteiger charge is -2.13. The van der Waals surface area contributed by atoms with Crippen molar-refractivity contribution < 1.29 is 8.78 Å². The third kappa shape index (κ3) is 6.67. The van der Waals surface area contributed by atoms with Crippen LogP contribution in [0.5, 0.6) is 0 Å². The number of hydrogen-bond acceptors (Lipinski definition) is 3. The second-order valence-electron chi connectivity index (χ2n) is 13.2. The van der Waals surface area contributed by atoms with Crippen molar-refractivity contribution in [1.82, 2.24) is 15.0 Å². The van der Waals surface area contributed by atoms with Gasteiger partial charge in [-0.05, 0) is 97.4 Å². The van der Waals surface area contributed by atoms with E-state index in [4.69, 9.17) is 15.0 Å². The molecule has 0 N–H and O–H groups in total. The summed E-state index contributed by atoms with van der Waals surface area (Å²) in [5, 5.41) is 4.50. The first-order valence-electron chi connectivity index (χ1n) is 17.7. The van der Waals surface area contributed by atoms with Gasteiger partial charge in [0.2, 0.25) is 0 Å². The van der Waals surface area contributed by atoms with Crippen LogP contribution >= 0.6 is 0 Å². The van der Waals surface area contributed by atoms with E-state index in [-0.39, 0.29) is 11.6 Å². The van der Waals surface area contributed by atoms with Crippen LogP contribution < -0.4 is 0 Å². The van der Waals surface area contributed by atoms with Gasteiger partial charge in [-0.2, -0.15) is 0 Å². The van der Waals surface area contributed by atoms with Gasteiger partial charge in [-0.3, -0.25) is 0 Å². The first kappa shape index (κ1) is 32.8. The SMILES string of the molecule is Fc1ccc(/C(=C\c2ccccc2-c2ccc(F)cc2)c2ccc(-c3nc(-c4ccc5ccccc5c4)nc(-c4ccc5ccccc5c4)n3)cc2)cc1. The maximum Gasteiger partial charge on any atom is 0.164 e. The Morgan fingerprint density at radius 1 is 0.370 bits per heavy atom. The standard InChI is InChI=1S/C49H31F2N3/c50-43-25-21-34(22-26-43)45-12-6-5-11-40(45)31-46(36-23-27-44(51)28-24-36)35-15-17-37(18-16-35)47-52-48(41-19-13-32-7-1-3-9-38(32)29-41)54-49(53-47)42-20-14-33-8-2-4-10-39(33)30-42/h1-31H/b46-31-. The summed E-state index contributed by atoms with van der Waals surface area (Å²) in [7, 11) is 0. The van der Waals surface area contributed by atoms with Crippen LogP contribution in [0.3, 0.4) is 0 Å². The van der Waals surface area contributed by atoms with E-state index >= 15 is 0 Å². The molecular weight excluding hydrogens is 669 g/mol. The lowest BCUT2D eigenvalue weighted by atomic mass is 9.92. The first-order chi connectivity index (χ1) is 26.5. The quantitative estimate of drug-likeness (QED) is 0.155. The van der Waals surface area contributed by atoms with Gasteiger partial charge in [-0.25, -0.2) is 23.7 Å². The molecule has 54 heavy (non-hydrogen) atoms. The second kappa shape index (κ2) is 14.1. The van der Waals surface area contributed by atoms with Gasteiger partial charge in [0.25, 0.3) is 0 Å². The van der Waals surface area contributed by atoms with Crippen molar-refractivity contribution in [2.75, 3.05) is 0 Å². The fourth-order valence-corrected chi connectivity index (χ4v) is 6.85. The summed E-state index contributed by atoms with van der Waals surface area (Å²) in [6.45, 7) is 0. The molecule has 256 valence electrons. The molecule has 0 atom stereocenters. The Hall–Kier alpha value is -7.11. The lowest BCUT2D eigenvalue weighted by Crippen LogP contribution is -2.00. The van der Waals surface area contributed by atoms with E-state index in [0.717, 1.165) is 71.6 Å². The van der Waals surface area contributed by atoms with Gasteiger partial charge < -0.3 is 0 Å². The minimum atomic E-state index is -0.306. The molecule has 1 heterocycles. The molecule has 0 aliphatic rings. The van der Waals surface area contributed by atoms with Crippen LogP contribution in [-0.4, -0.2) is 15.0 Å². The van der Waals surface area contributed by atoms with Gasteiger partial charge in [-0.15, -0.1) is 0 Å². The Kier molecular flexibility index (Phi) is 8.58. The summed E-state index contributed by atoms with van der Waals surface area (Å²) < 4.78 is 28.0. The largest absolute Gasteiger partial charge is 0.208 e. The highest BCUT2D eigenvalue weighted by Crippen LogP contribution is 2.34. The van der Waals surface area contributed by atoms with Gasteiger partial charge in [0.1, 0.15) is 11.6 Å². The average Bonchev–Trinajstić information content (AvgIpc) is 3.23. The predicted molar refractivity (Wildman–Crippen MR) is 216 cm³/mol. The Morgan fingerprint density at radius 3 is 1.33 bits per heavy atom. The summed E-state index contributed by atoms with van der Waals surface area (Å²) in [4.78, 5) is 15.1. The van der Waals surface area contributed by atoms with E-state index in [2.05, 4.69) is 66.7 Å². The highest BCUT2D eigenvalue weighted by Gasteiger charge is 2.15. The van der Waals surface area contributed by atoms with Crippen molar-refractivity contribution >= 4 is 33.2 Å². The summed E-state index contributed by atoms with van der Waals surface area (Å²) in [5.41, 5.74) is 8.13. The molecular formula is C49H31F2N3. The Bertz CT molecular complexity index is 2730. The molecule has 9 aromatic rings. The molecule has 0 bridgehead atoms. The minimum Gasteiger partial charge on any atom is -0.208 e. The highest BCUT2D eigenvalue weighted by molar-refractivity contribution is 5.95. The summed E-state index contributed by atoms with van der Waals surface area (Å²) in [6, 6.07) is 58.1. The number of benzene rings is 8. The zero-order chi connectivity index (χ0) is 36.4. The summed E-state index contributed by atoms with van der Waals surface area (Å²) in [6.07, 6.45) is 2.10. The molecule has 5 heteroatoms. The van der Waals surface area contributed by atoms with Gasteiger partial charge in [0.05, 0.1) is 0 Å². The zero-order valence-corrected chi connectivity index (χ0v) is 29.0. The van der Waals surface area contributed by atoms with E-state index in [0.29, 0.717) is 17.5 Å². The van der Waals surface area contributed by atoms with E-state index in [1.807, 2.05) is 72.8 Å². The normalized spacial score (nSPS) is 11.6. The van der Waals surface area contributed by atoms with Crippen LogP contribution in [0.4, 0.5) is 8.78 Å². The predicted octanol–water partition coefficient (Wildman–Crippen LogP) is 12.7. The van der Waals surface area contributed by atoms with Crippen molar-refractivity contribution in [1.29, 1.82) is 0 Å². The topological polar surface area (TPSA) is 38.7 Å². The van der Waals surface area contributed by atoms with Crippen LogP contribution in [0.2, 0.25) is 0 Å². The van der Waals surface area contributed by atoms with Crippen molar-refractivity contribution in [3.63, 3.8) is 0 Å². The second-order valence-corrected chi connectivity index (χ2v) is 13.2. The van der Waals surface area contributed by atoms with E-state index < -0.39 is 0 Å². The number of aromatic nitrogens is 3. The molecule has 0 fully saturated rings. The third-order valence-electron chi connectivity index (χ3n) is 9.68. The molecule has 0 aliphatic carbocycles. The monoisotopic (exact) mass is 699 g/mol. The van der Waals surface area contributed by atoms with Crippen LogP contribution in [0.1, 0.15) is 16.7 Å². The van der Waals surface area contributed by atoms with E-state index in [9.17, 15) is 8.78 Å². The molecule has 3 nitrogen and oxygen atoms in total. The summed E-state index contributed by atoms with van der Waals surface area (Å²) in [5.74, 6) is 1.13. The minimum absolute atomic E-state index is 0.286. The zero-order valence-electron chi connectivity index (χ0n) is 29.0. The molecule has 0 unspecified atom stereocenters. The molecule has 0 spiro atoms. The smallest absolute Gasteiger partial charge is 0.164 e. The number of rotatable bonds is 7. The lowest BCUT2D eigenvalue weighted by molar-refractivity contribution is 0.627. The Morgan fingerprint density at radius 2 is 0.778 bits per heavy atom. The van der Waals surface area contributed by atoms with Crippen molar-refractivity contribution in [2.45, 2.75) is 0 Å². The van der Waals surface area contributed by atoms with Gasteiger partial charge in [0, 0.05) is 16.7 Å². The molecule has 0 radical (unpaired) electrons. The van der Waals surface area contributed by atoms with Gasteiger partial charge >= 0.3 is 0 Å². The molecule has 0 saturated carbocycles. The molecule has 0 saturated heterocycles.